The van der Waals surface area contributed by atoms with E-state index in [-0.39, 0.29) is 0 Å². The Kier molecular flexibility index (Phi) is 3.39. The van der Waals surface area contributed by atoms with Crippen LogP contribution in [0.3, 0.4) is 0 Å². The minimum Gasteiger partial charge on any atom is -0.457 e. The van der Waals surface area contributed by atoms with Gasteiger partial charge in [-0.2, -0.15) is 0 Å². The van der Waals surface area contributed by atoms with Crippen molar-refractivity contribution in [2.24, 2.45) is 5.73 Å². The van der Waals surface area contributed by atoms with Gasteiger partial charge >= 0.3 is 0 Å². The highest BCUT2D eigenvalue weighted by Gasteiger charge is 2.09. The van der Waals surface area contributed by atoms with Crippen molar-refractivity contribution in [1.82, 2.24) is 9.97 Å². The maximum atomic E-state index is 5.92. The van der Waals surface area contributed by atoms with E-state index in [1.807, 2.05) is 36.5 Å². The minimum absolute atomic E-state index is 0.537. The lowest BCUT2D eigenvalue weighted by Crippen LogP contribution is -1.95. The third-order valence-corrected chi connectivity index (χ3v) is 3.72. The van der Waals surface area contributed by atoms with Gasteiger partial charge in [0.15, 0.2) is 0 Å². The molecule has 0 saturated carbocycles. The van der Waals surface area contributed by atoms with Gasteiger partial charge in [0.2, 0.25) is 0 Å². The van der Waals surface area contributed by atoms with E-state index in [0.717, 1.165) is 31.7 Å². The number of hydrogen-bond acceptors (Lipinski definition) is 3. The van der Waals surface area contributed by atoms with Gasteiger partial charge in [-0.05, 0) is 46.4 Å². The monoisotopic (exact) mass is 365 g/mol. The van der Waals surface area contributed by atoms with Crippen molar-refractivity contribution in [2.75, 3.05) is 0 Å². The van der Waals surface area contributed by atoms with Crippen LogP contribution < -0.4 is 10.5 Å². The fourth-order valence-electron chi connectivity index (χ4n) is 1.89. The first-order chi connectivity index (χ1) is 9.28. The molecule has 0 amide bonds. The number of benzene rings is 1. The molecule has 0 atom stereocenters. The van der Waals surface area contributed by atoms with Crippen molar-refractivity contribution < 1.29 is 4.74 Å². The number of halogens is 1. The Labute approximate surface area is 124 Å². The number of nitrogens with two attached hydrogens (primary N) is 1. The van der Waals surface area contributed by atoms with Crippen molar-refractivity contribution in [3.63, 3.8) is 0 Å². The lowest BCUT2D eigenvalue weighted by Gasteiger charge is -2.07. The molecule has 3 rings (SSSR count). The molecule has 1 aromatic carbocycles. The van der Waals surface area contributed by atoms with Crippen molar-refractivity contribution in [1.29, 1.82) is 0 Å². The molecule has 0 radical (unpaired) electrons. The predicted molar refractivity (Wildman–Crippen MR) is 83.2 cm³/mol. The number of pyridine rings is 1. The Balaban J connectivity index is 1.98. The van der Waals surface area contributed by atoms with Crippen molar-refractivity contribution >= 4 is 33.6 Å². The molecule has 2 aromatic heterocycles. The summed E-state index contributed by atoms with van der Waals surface area (Å²) in [4.78, 5) is 7.39. The molecule has 4 nitrogen and oxygen atoms in total. The number of nitrogens with zero attached hydrogens (tertiary/aromatic N) is 1. The largest absolute Gasteiger partial charge is 0.457 e. The Bertz CT molecular complexity index is 706. The van der Waals surface area contributed by atoms with Gasteiger partial charge in [-0.25, -0.2) is 4.98 Å². The summed E-state index contributed by atoms with van der Waals surface area (Å²) < 4.78 is 7.02. The Hall–Kier alpha value is -1.60. The fraction of sp³-hybridized carbons (Fsp3) is 0.0714. The van der Waals surface area contributed by atoms with Gasteiger partial charge in [0, 0.05) is 22.5 Å². The van der Waals surface area contributed by atoms with Gasteiger partial charge in [0.05, 0.1) is 5.39 Å². The molecule has 3 N–H and O–H groups in total. The zero-order valence-corrected chi connectivity index (χ0v) is 12.2. The van der Waals surface area contributed by atoms with Gasteiger partial charge in [-0.3, -0.25) is 0 Å². The molecule has 0 aliphatic carbocycles. The van der Waals surface area contributed by atoms with E-state index < -0.39 is 0 Å². The normalized spacial score (nSPS) is 10.8. The van der Waals surface area contributed by atoms with Crippen LogP contribution in [0.4, 0.5) is 0 Å². The van der Waals surface area contributed by atoms with Crippen LogP contribution in [0.1, 0.15) is 5.56 Å². The third kappa shape index (κ3) is 2.43. The molecule has 0 aliphatic heterocycles. The molecule has 0 spiro atoms. The van der Waals surface area contributed by atoms with Crippen LogP contribution in [-0.2, 0) is 6.54 Å². The number of fused-ring (bicyclic) bond motifs is 1. The van der Waals surface area contributed by atoms with Gasteiger partial charge in [0.1, 0.15) is 17.1 Å². The number of nitrogens with one attached hydrogen (secondary N) is 1. The second kappa shape index (κ2) is 5.18. The molecule has 5 heteroatoms. The van der Waals surface area contributed by atoms with Crippen LogP contribution in [0, 0.1) is 3.57 Å². The highest BCUT2D eigenvalue weighted by molar-refractivity contribution is 14.1. The summed E-state index contributed by atoms with van der Waals surface area (Å²) in [6, 6.07) is 9.66. The molecule has 96 valence electrons. The molecule has 2 heterocycles. The first kappa shape index (κ1) is 12.4. The second-order valence-electron chi connectivity index (χ2n) is 4.12. The van der Waals surface area contributed by atoms with Crippen LogP contribution in [0.2, 0.25) is 0 Å². The van der Waals surface area contributed by atoms with E-state index in [0.29, 0.717) is 6.54 Å². The lowest BCUT2D eigenvalue weighted by molar-refractivity contribution is 0.487. The molecule has 0 unspecified atom stereocenters. The maximum absolute atomic E-state index is 5.92. The first-order valence-corrected chi connectivity index (χ1v) is 6.94. The molecule has 3 aromatic rings. The van der Waals surface area contributed by atoms with E-state index in [4.69, 9.17) is 10.5 Å². The number of rotatable bonds is 3. The van der Waals surface area contributed by atoms with Gasteiger partial charge < -0.3 is 15.5 Å². The summed E-state index contributed by atoms with van der Waals surface area (Å²) in [5, 5.41) is 1.01. The predicted octanol–water partition coefficient (Wildman–Crippen LogP) is 3.42. The minimum atomic E-state index is 0.537. The SMILES string of the molecule is NCc1ccc(Oc2ccnc3[nH]cc(I)c23)cc1. The van der Waals surface area contributed by atoms with Crippen LogP contribution in [0.5, 0.6) is 11.5 Å². The number of H-pyrrole nitrogens is 1. The number of hydrogen-bond donors (Lipinski definition) is 2. The molecular formula is C14H12IN3O. The Morgan fingerprint density at radius 2 is 2.00 bits per heavy atom. The van der Waals surface area contributed by atoms with Crippen LogP contribution >= 0.6 is 22.6 Å². The summed E-state index contributed by atoms with van der Waals surface area (Å²) in [6.07, 6.45) is 3.65. The van der Waals surface area contributed by atoms with Crippen molar-refractivity contribution in [3.05, 3.63) is 51.9 Å². The second-order valence-corrected chi connectivity index (χ2v) is 5.28. The van der Waals surface area contributed by atoms with E-state index in [9.17, 15) is 0 Å². The summed E-state index contributed by atoms with van der Waals surface area (Å²) in [5.41, 5.74) is 7.50. The highest BCUT2D eigenvalue weighted by atomic mass is 127. The molecule has 0 aliphatic rings. The molecule has 0 bridgehead atoms. The third-order valence-electron chi connectivity index (χ3n) is 2.87. The quantitative estimate of drug-likeness (QED) is 0.700. The average molecular weight is 365 g/mol. The summed E-state index contributed by atoms with van der Waals surface area (Å²) in [5.74, 6) is 1.60. The van der Waals surface area contributed by atoms with Crippen LogP contribution in [0.25, 0.3) is 11.0 Å². The van der Waals surface area contributed by atoms with E-state index in [1.165, 1.54) is 0 Å². The number of aromatic nitrogens is 2. The topological polar surface area (TPSA) is 63.9 Å². The van der Waals surface area contributed by atoms with E-state index in [1.54, 1.807) is 6.20 Å². The van der Waals surface area contributed by atoms with Gasteiger partial charge in [0.25, 0.3) is 0 Å². The zero-order chi connectivity index (χ0) is 13.2. The van der Waals surface area contributed by atoms with E-state index >= 15 is 0 Å². The summed E-state index contributed by atoms with van der Waals surface area (Å²) in [7, 11) is 0. The van der Waals surface area contributed by atoms with Crippen molar-refractivity contribution in [2.45, 2.75) is 6.54 Å². The van der Waals surface area contributed by atoms with Gasteiger partial charge in [-0.15, -0.1) is 0 Å². The highest BCUT2D eigenvalue weighted by Crippen LogP contribution is 2.31. The Morgan fingerprint density at radius 3 is 2.74 bits per heavy atom. The fourth-order valence-corrected chi connectivity index (χ4v) is 2.57. The lowest BCUT2D eigenvalue weighted by atomic mass is 10.2. The zero-order valence-electron chi connectivity index (χ0n) is 10.1. The number of ether oxygens (including phenoxy) is 1. The number of aromatic amines is 1. The molecule has 19 heavy (non-hydrogen) atoms. The standard InChI is InChI=1S/C14H12IN3O/c15-11-8-18-14-13(11)12(5-6-17-14)19-10-3-1-9(7-16)2-4-10/h1-6,8H,7,16H2,(H,17,18). The molecule has 0 saturated heterocycles. The van der Waals surface area contributed by atoms with E-state index in [2.05, 4.69) is 32.6 Å². The molecular weight excluding hydrogens is 353 g/mol. The summed E-state index contributed by atoms with van der Waals surface area (Å²) >= 11 is 2.27. The van der Waals surface area contributed by atoms with Gasteiger partial charge in [-0.1, -0.05) is 12.1 Å². The average Bonchev–Trinajstić information content (AvgIpc) is 2.83. The van der Waals surface area contributed by atoms with Crippen LogP contribution in [-0.4, -0.2) is 9.97 Å². The smallest absolute Gasteiger partial charge is 0.142 e. The van der Waals surface area contributed by atoms with Crippen molar-refractivity contribution in [3.8, 4) is 11.5 Å². The summed E-state index contributed by atoms with van der Waals surface area (Å²) in [6.45, 7) is 0.537. The first-order valence-electron chi connectivity index (χ1n) is 5.86. The molecule has 0 fully saturated rings. The maximum Gasteiger partial charge on any atom is 0.142 e. The Morgan fingerprint density at radius 1 is 1.21 bits per heavy atom. The van der Waals surface area contributed by atoms with Crippen LogP contribution in [0.15, 0.2) is 42.7 Å².